The maximum absolute atomic E-state index is 12.4. The second kappa shape index (κ2) is 6.04. The minimum atomic E-state index is -0.292. The first-order valence-electron chi connectivity index (χ1n) is 7.04. The molecule has 0 aliphatic heterocycles. The van der Waals surface area contributed by atoms with Crippen LogP contribution in [0.15, 0.2) is 15.9 Å². The molecule has 20 heavy (non-hydrogen) atoms. The Morgan fingerprint density at radius 1 is 1.15 bits per heavy atom. The second-order valence-electron chi connectivity index (χ2n) is 4.68. The van der Waals surface area contributed by atoms with E-state index in [0.717, 1.165) is 12.8 Å². The number of imidazole rings is 1. The molecule has 0 aliphatic rings. The molecule has 2 aromatic heterocycles. The Kier molecular flexibility index (Phi) is 4.39. The third kappa shape index (κ3) is 2.29. The van der Waals surface area contributed by atoms with Crippen LogP contribution in [-0.2, 0) is 19.6 Å². The van der Waals surface area contributed by atoms with Crippen molar-refractivity contribution in [3.05, 3.63) is 27.2 Å². The number of aryl methyl sites for hydroxylation is 2. The average molecular weight is 279 g/mol. The molecule has 0 aromatic carbocycles. The van der Waals surface area contributed by atoms with Crippen LogP contribution in [0.25, 0.3) is 11.2 Å². The number of hydrogen-bond donors (Lipinski definition) is 1. The molecule has 0 amide bonds. The van der Waals surface area contributed by atoms with Crippen molar-refractivity contribution in [2.75, 3.05) is 6.54 Å². The molecule has 110 valence electrons. The summed E-state index contributed by atoms with van der Waals surface area (Å²) in [5.41, 5.74) is 5.91. The average Bonchev–Trinajstić information content (AvgIpc) is 2.84. The lowest BCUT2D eigenvalue weighted by molar-refractivity contribution is 0.594. The van der Waals surface area contributed by atoms with Crippen molar-refractivity contribution in [3.8, 4) is 0 Å². The molecule has 0 atom stereocenters. The second-order valence-corrected chi connectivity index (χ2v) is 4.68. The minimum absolute atomic E-state index is 0.262. The van der Waals surface area contributed by atoms with E-state index >= 15 is 0 Å². The first kappa shape index (κ1) is 14.5. The lowest BCUT2D eigenvalue weighted by Crippen LogP contribution is -2.40. The number of aromatic nitrogens is 4. The highest BCUT2D eigenvalue weighted by molar-refractivity contribution is 5.70. The van der Waals surface area contributed by atoms with Crippen molar-refractivity contribution in [3.63, 3.8) is 0 Å². The molecule has 0 fully saturated rings. The van der Waals surface area contributed by atoms with E-state index < -0.39 is 0 Å². The number of rotatable bonds is 6. The Labute approximate surface area is 116 Å². The summed E-state index contributed by atoms with van der Waals surface area (Å²) in [7, 11) is 0. The lowest BCUT2D eigenvalue weighted by atomic mass is 10.3. The summed E-state index contributed by atoms with van der Waals surface area (Å²) >= 11 is 0. The molecule has 0 unspecified atom stereocenters. The molecule has 0 saturated heterocycles. The fourth-order valence-corrected chi connectivity index (χ4v) is 2.40. The van der Waals surface area contributed by atoms with Crippen LogP contribution in [0.2, 0.25) is 0 Å². The van der Waals surface area contributed by atoms with Crippen LogP contribution in [0.1, 0.15) is 26.7 Å². The van der Waals surface area contributed by atoms with E-state index in [2.05, 4.69) is 4.98 Å². The van der Waals surface area contributed by atoms with Crippen molar-refractivity contribution in [2.45, 2.75) is 46.3 Å². The third-order valence-corrected chi connectivity index (χ3v) is 3.47. The molecule has 0 saturated carbocycles. The van der Waals surface area contributed by atoms with Crippen LogP contribution in [0.4, 0.5) is 0 Å². The third-order valence-electron chi connectivity index (χ3n) is 3.47. The Bertz CT molecular complexity index is 710. The van der Waals surface area contributed by atoms with Gasteiger partial charge in [0.15, 0.2) is 11.2 Å². The smallest absolute Gasteiger partial charge is 0.330 e. The van der Waals surface area contributed by atoms with Gasteiger partial charge >= 0.3 is 5.69 Å². The van der Waals surface area contributed by atoms with Gasteiger partial charge in [-0.2, -0.15) is 0 Å². The van der Waals surface area contributed by atoms with Crippen molar-refractivity contribution >= 4 is 11.2 Å². The van der Waals surface area contributed by atoms with Gasteiger partial charge in [0.25, 0.3) is 5.56 Å². The van der Waals surface area contributed by atoms with Crippen LogP contribution in [-0.4, -0.2) is 25.2 Å². The van der Waals surface area contributed by atoms with E-state index in [4.69, 9.17) is 5.73 Å². The molecular weight excluding hydrogens is 258 g/mol. The Morgan fingerprint density at radius 3 is 2.45 bits per heavy atom. The van der Waals surface area contributed by atoms with Crippen LogP contribution in [0.3, 0.4) is 0 Å². The van der Waals surface area contributed by atoms with E-state index in [1.807, 2.05) is 11.5 Å². The highest BCUT2D eigenvalue weighted by Gasteiger charge is 2.15. The van der Waals surface area contributed by atoms with Crippen molar-refractivity contribution in [1.29, 1.82) is 0 Å². The van der Waals surface area contributed by atoms with Gasteiger partial charge in [0, 0.05) is 19.6 Å². The van der Waals surface area contributed by atoms with Crippen LogP contribution >= 0.6 is 0 Å². The summed E-state index contributed by atoms with van der Waals surface area (Å²) in [6.45, 7) is 5.85. The van der Waals surface area contributed by atoms with Gasteiger partial charge in [-0.1, -0.05) is 0 Å². The summed E-state index contributed by atoms with van der Waals surface area (Å²) < 4.78 is 4.62. The van der Waals surface area contributed by atoms with Crippen LogP contribution < -0.4 is 17.0 Å². The maximum atomic E-state index is 12.4. The van der Waals surface area contributed by atoms with Crippen molar-refractivity contribution < 1.29 is 0 Å². The quantitative estimate of drug-likeness (QED) is 0.762. The molecule has 0 spiro atoms. The number of hydrogen-bond acceptors (Lipinski definition) is 4. The zero-order chi connectivity index (χ0) is 14.7. The summed E-state index contributed by atoms with van der Waals surface area (Å²) in [5.74, 6) is 0. The molecule has 2 N–H and O–H groups in total. The molecule has 2 rings (SSSR count). The highest BCUT2D eigenvalue weighted by Crippen LogP contribution is 2.08. The van der Waals surface area contributed by atoms with E-state index in [9.17, 15) is 9.59 Å². The predicted molar refractivity (Wildman–Crippen MR) is 77.9 cm³/mol. The lowest BCUT2D eigenvalue weighted by Gasteiger charge is -2.09. The molecule has 7 nitrogen and oxygen atoms in total. The van der Waals surface area contributed by atoms with E-state index in [-0.39, 0.29) is 11.2 Å². The largest absolute Gasteiger partial charge is 0.332 e. The summed E-state index contributed by atoms with van der Waals surface area (Å²) in [4.78, 5) is 28.9. The summed E-state index contributed by atoms with van der Waals surface area (Å²) in [6, 6.07) is 0. The molecule has 0 bridgehead atoms. The van der Waals surface area contributed by atoms with Crippen molar-refractivity contribution in [2.24, 2.45) is 5.73 Å². The number of nitrogens with two attached hydrogens (primary N) is 1. The topological polar surface area (TPSA) is 87.8 Å². The fourth-order valence-electron chi connectivity index (χ4n) is 2.40. The van der Waals surface area contributed by atoms with Gasteiger partial charge in [0.2, 0.25) is 0 Å². The Morgan fingerprint density at radius 2 is 1.85 bits per heavy atom. The Balaban J connectivity index is 2.65. The molecule has 0 aliphatic carbocycles. The van der Waals surface area contributed by atoms with E-state index in [1.54, 1.807) is 17.8 Å². The minimum Gasteiger partial charge on any atom is -0.330 e. The predicted octanol–water partition coefficient (Wildman–Crippen LogP) is 0.138. The van der Waals surface area contributed by atoms with Crippen LogP contribution in [0.5, 0.6) is 0 Å². The van der Waals surface area contributed by atoms with Crippen molar-refractivity contribution in [1.82, 2.24) is 18.7 Å². The van der Waals surface area contributed by atoms with Gasteiger partial charge in [-0.15, -0.1) is 0 Å². The van der Waals surface area contributed by atoms with Gasteiger partial charge in [-0.05, 0) is 33.2 Å². The van der Waals surface area contributed by atoms with Gasteiger partial charge in [0.1, 0.15) is 0 Å². The monoisotopic (exact) mass is 279 g/mol. The fraction of sp³-hybridized carbons (Fsp3) is 0.615. The zero-order valence-corrected chi connectivity index (χ0v) is 12.0. The van der Waals surface area contributed by atoms with Crippen LogP contribution in [0, 0.1) is 0 Å². The van der Waals surface area contributed by atoms with Gasteiger partial charge in [-0.3, -0.25) is 13.9 Å². The number of unbranched alkanes of at least 4 members (excludes halogenated alkanes) is 1. The number of fused-ring (bicyclic) bond motifs is 1. The first-order valence-corrected chi connectivity index (χ1v) is 7.04. The summed E-state index contributed by atoms with van der Waals surface area (Å²) in [5, 5.41) is 0. The molecule has 2 heterocycles. The highest BCUT2D eigenvalue weighted by atomic mass is 16.2. The van der Waals surface area contributed by atoms with E-state index in [1.165, 1.54) is 4.57 Å². The Hall–Kier alpha value is -1.89. The molecule has 7 heteroatoms. The number of nitrogens with zero attached hydrogens (tertiary/aromatic N) is 4. The molecule has 2 aromatic rings. The van der Waals surface area contributed by atoms with E-state index in [0.29, 0.717) is 37.3 Å². The summed E-state index contributed by atoms with van der Waals surface area (Å²) in [6.07, 6.45) is 3.42. The standard InChI is InChI=1S/C13H21N5O2/c1-3-17-11-10(12(19)18(4-2)13(17)20)16(9-15-11)8-6-5-7-14/h9H,3-8,14H2,1-2H3. The maximum Gasteiger partial charge on any atom is 0.332 e. The normalized spacial score (nSPS) is 11.3. The first-order chi connectivity index (χ1) is 9.65. The SMILES string of the molecule is CCn1c(=O)c2c(ncn2CCCCN)n(CC)c1=O. The zero-order valence-electron chi connectivity index (χ0n) is 12.0. The van der Waals surface area contributed by atoms with Gasteiger partial charge in [0.05, 0.1) is 6.33 Å². The van der Waals surface area contributed by atoms with Gasteiger partial charge < -0.3 is 10.3 Å². The molecule has 0 radical (unpaired) electrons. The molecular formula is C13H21N5O2. The van der Waals surface area contributed by atoms with Gasteiger partial charge in [-0.25, -0.2) is 9.78 Å².